The van der Waals surface area contributed by atoms with Gasteiger partial charge in [-0.25, -0.2) is 13.7 Å². The molecule has 3 amide bonds. The summed E-state index contributed by atoms with van der Waals surface area (Å²) in [5, 5.41) is 12.5. The lowest BCUT2D eigenvalue weighted by molar-refractivity contribution is -0.135. The molecule has 0 aromatic heterocycles. The van der Waals surface area contributed by atoms with Crippen LogP contribution in [0.15, 0.2) is 60.7 Å². The van der Waals surface area contributed by atoms with Crippen LogP contribution >= 0.6 is 0 Å². The summed E-state index contributed by atoms with van der Waals surface area (Å²) in [6.07, 6.45) is -2.20. The second-order valence-electron chi connectivity index (χ2n) is 8.33. The molecular weight excluding hydrogens is 456 g/mol. The summed E-state index contributed by atoms with van der Waals surface area (Å²) in [7, 11) is 0. The highest BCUT2D eigenvalue weighted by Crippen LogP contribution is 2.44. The van der Waals surface area contributed by atoms with Gasteiger partial charge in [0.2, 0.25) is 5.91 Å². The van der Waals surface area contributed by atoms with Crippen LogP contribution in [0.3, 0.4) is 0 Å². The standard InChI is InChI=1S/C26H23F2N3O4/c1-13-15-7-3-4-8-16(15)21-19(29)11-6-12-20(21)31(25(13)34)26(35)14(2)30-24(33)23(32)22-17(27)9-5-10-18(22)28/h3-14,23,32H,29H2,1-2H3,(H,30,33)/t13?,14-,23?/m0/s1. The molecule has 35 heavy (non-hydrogen) atoms. The predicted molar refractivity (Wildman–Crippen MR) is 126 cm³/mol. The average molecular weight is 479 g/mol. The Hall–Kier alpha value is -4.11. The molecule has 0 spiro atoms. The number of hydrogen-bond donors (Lipinski definition) is 3. The molecule has 0 saturated heterocycles. The molecule has 3 atom stereocenters. The molecule has 0 saturated carbocycles. The van der Waals surface area contributed by atoms with Crippen molar-refractivity contribution in [3.05, 3.63) is 83.4 Å². The quantitative estimate of drug-likeness (QED) is 0.497. The number of aliphatic hydroxyl groups is 1. The molecule has 4 rings (SSSR count). The van der Waals surface area contributed by atoms with Crippen molar-refractivity contribution in [1.82, 2.24) is 5.32 Å². The van der Waals surface area contributed by atoms with Crippen LogP contribution < -0.4 is 16.0 Å². The van der Waals surface area contributed by atoms with Gasteiger partial charge in [0.05, 0.1) is 17.2 Å². The third-order valence-electron chi connectivity index (χ3n) is 6.07. The number of carbonyl (C=O) groups is 3. The normalized spacial score (nSPS) is 16.5. The van der Waals surface area contributed by atoms with Crippen LogP contribution in [0, 0.1) is 11.6 Å². The number of imide groups is 1. The molecule has 180 valence electrons. The maximum absolute atomic E-state index is 14.0. The van der Waals surface area contributed by atoms with E-state index in [0.29, 0.717) is 22.4 Å². The zero-order chi connectivity index (χ0) is 25.4. The first-order chi connectivity index (χ1) is 16.6. The number of halogens is 2. The van der Waals surface area contributed by atoms with Gasteiger partial charge in [-0.3, -0.25) is 14.4 Å². The smallest absolute Gasteiger partial charge is 0.256 e. The van der Waals surface area contributed by atoms with E-state index in [9.17, 15) is 28.3 Å². The van der Waals surface area contributed by atoms with Gasteiger partial charge in [-0.2, -0.15) is 0 Å². The molecule has 2 unspecified atom stereocenters. The Balaban J connectivity index is 1.68. The molecule has 9 heteroatoms. The molecular formula is C26H23F2N3O4. The number of aliphatic hydroxyl groups excluding tert-OH is 1. The van der Waals surface area contributed by atoms with Gasteiger partial charge < -0.3 is 16.2 Å². The Morgan fingerprint density at radius 1 is 1.03 bits per heavy atom. The number of nitrogen functional groups attached to an aromatic ring is 1. The minimum absolute atomic E-state index is 0.249. The maximum atomic E-state index is 14.0. The number of hydrogen-bond acceptors (Lipinski definition) is 5. The van der Waals surface area contributed by atoms with E-state index < -0.39 is 53.0 Å². The second-order valence-corrected chi connectivity index (χ2v) is 8.33. The lowest BCUT2D eigenvalue weighted by atomic mass is 9.92. The van der Waals surface area contributed by atoms with Gasteiger partial charge >= 0.3 is 0 Å². The van der Waals surface area contributed by atoms with Crippen molar-refractivity contribution in [3.63, 3.8) is 0 Å². The van der Waals surface area contributed by atoms with E-state index in [2.05, 4.69) is 5.32 Å². The number of fused-ring (bicyclic) bond motifs is 3. The van der Waals surface area contributed by atoms with Crippen molar-refractivity contribution in [2.45, 2.75) is 31.9 Å². The van der Waals surface area contributed by atoms with Crippen LogP contribution in [0.4, 0.5) is 20.2 Å². The number of rotatable bonds is 4. The summed E-state index contributed by atoms with van der Waals surface area (Å²) in [6, 6.07) is 13.6. The topological polar surface area (TPSA) is 113 Å². The maximum Gasteiger partial charge on any atom is 0.256 e. The van der Waals surface area contributed by atoms with Gasteiger partial charge in [0.15, 0.2) is 6.10 Å². The number of anilines is 2. The number of nitrogens with zero attached hydrogens (tertiary/aromatic N) is 1. The predicted octanol–water partition coefficient (Wildman–Crippen LogP) is 3.43. The summed E-state index contributed by atoms with van der Waals surface area (Å²) < 4.78 is 28.0. The molecule has 0 radical (unpaired) electrons. The number of carbonyl (C=O) groups excluding carboxylic acids is 3. The lowest BCUT2D eigenvalue weighted by Crippen LogP contribution is -2.51. The van der Waals surface area contributed by atoms with Crippen molar-refractivity contribution < 1.29 is 28.3 Å². The largest absolute Gasteiger partial charge is 0.398 e. The van der Waals surface area contributed by atoms with Crippen molar-refractivity contribution in [3.8, 4) is 11.1 Å². The minimum atomic E-state index is -2.20. The van der Waals surface area contributed by atoms with Crippen LogP contribution in [-0.4, -0.2) is 28.9 Å². The van der Waals surface area contributed by atoms with E-state index in [1.807, 2.05) is 6.07 Å². The summed E-state index contributed by atoms with van der Waals surface area (Å²) in [6.45, 7) is 2.98. The van der Waals surface area contributed by atoms with Crippen LogP contribution in [0.5, 0.6) is 0 Å². The Kier molecular flexibility index (Phi) is 6.36. The fraction of sp³-hybridized carbons (Fsp3) is 0.192. The molecule has 0 bridgehead atoms. The first-order valence-corrected chi connectivity index (χ1v) is 10.9. The van der Waals surface area contributed by atoms with E-state index >= 15 is 0 Å². The minimum Gasteiger partial charge on any atom is -0.398 e. The summed E-state index contributed by atoms with van der Waals surface area (Å²) in [4.78, 5) is 40.5. The first kappa shape index (κ1) is 24.0. The summed E-state index contributed by atoms with van der Waals surface area (Å²) >= 11 is 0. The first-order valence-electron chi connectivity index (χ1n) is 10.9. The third kappa shape index (κ3) is 4.15. The van der Waals surface area contributed by atoms with Gasteiger partial charge in [0, 0.05) is 11.3 Å². The van der Waals surface area contributed by atoms with E-state index in [-0.39, 0.29) is 5.69 Å². The van der Waals surface area contributed by atoms with Crippen molar-refractivity contribution >= 4 is 29.1 Å². The molecule has 0 aliphatic carbocycles. The van der Waals surface area contributed by atoms with Crippen LogP contribution in [-0.2, 0) is 14.4 Å². The highest BCUT2D eigenvalue weighted by atomic mass is 19.1. The Bertz CT molecular complexity index is 1320. The molecule has 3 aromatic carbocycles. The Morgan fingerprint density at radius 3 is 2.34 bits per heavy atom. The molecule has 7 nitrogen and oxygen atoms in total. The fourth-order valence-corrected chi connectivity index (χ4v) is 4.26. The van der Waals surface area contributed by atoms with Gasteiger partial charge in [0.1, 0.15) is 17.7 Å². The molecule has 0 fully saturated rings. The van der Waals surface area contributed by atoms with E-state index in [4.69, 9.17) is 5.73 Å². The zero-order valence-electron chi connectivity index (χ0n) is 19.0. The van der Waals surface area contributed by atoms with E-state index in [0.717, 1.165) is 23.1 Å². The Morgan fingerprint density at radius 2 is 1.66 bits per heavy atom. The average Bonchev–Trinajstić information content (AvgIpc) is 2.92. The number of benzene rings is 3. The van der Waals surface area contributed by atoms with E-state index in [1.165, 1.54) is 6.92 Å². The summed E-state index contributed by atoms with van der Waals surface area (Å²) in [5.41, 5.74) is 7.91. The highest BCUT2D eigenvalue weighted by molar-refractivity contribution is 6.22. The second kappa shape index (κ2) is 9.27. The van der Waals surface area contributed by atoms with Crippen molar-refractivity contribution in [2.24, 2.45) is 0 Å². The molecule has 3 aromatic rings. The zero-order valence-corrected chi connectivity index (χ0v) is 19.0. The number of nitrogens with two attached hydrogens (primary N) is 1. The monoisotopic (exact) mass is 479 g/mol. The van der Waals surface area contributed by atoms with Crippen molar-refractivity contribution in [1.29, 1.82) is 0 Å². The van der Waals surface area contributed by atoms with Crippen LogP contribution in [0.2, 0.25) is 0 Å². The molecule has 4 N–H and O–H groups in total. The van der Waals surface area contributed by atoms with Gasteiger partial charge in [-0.15, -0.1) is 0 Å². The van der Waals surface area contributed by atoms with E-state index in [1.54, 1.807) is 43.3 Å². The summed E-state index contributed by atoms with van der Waals surface area (Å²) in [5.74, 6) is -5.44. The fourth-order valence-electron chi connectivity index (χ4n) is 4.26. The van der Waals surface area contributed by atoms with Crippen LogP contribution in [0.25, 0.3) is 11.1 Å². The Labute approximate surface area is 200 Å². The van der Waals surface area contributed by atoms with Gasteiger partial charge in [-0.05, 0) is 49.2 Å². The third-order valence-corrected chi connectivity index (χ3v) is 6.07. The SMILES string of the molecule is CC1C(=O)N(C(=O)[C@H](C)NC(=O)C(O)c2c(F)cccc2F)c2cccc(N)c2-c2ccccc21. The van der Waals surface area contributed by atoms with Gasteiger partial charge in [0.25, 0.3) is 11.8 Å². The molecule has 1 aliphatic heterocycles. The highest BCUT2D eigenvalue weighted by Gasteiger charge is 2.38. The number of nitrogens with one attached hydrogen (secondary N) is 1. The molecule has 1 heterocycles. The van der Waals surface area contributed by atoms with Crippen LogP contribution in [0.1, 0.15) is 37.0 Å². The van der Waals surface area contributed by atoms with Gasteiger partial charge in [-0.1, -0.05) is 36.4 Å². The molecule has 1 aliphatic rings. The van der Waals surface area contributed by atoms with Crippen molar-refractivity contribution in [2.75, 3.05) is 10.6 Å². The number of amides is 3. The lowest BCUT2D eigenvalue weighted by Gasteiger charge is -2.27.